The SMILES string of the molecule is CC(C)(NC(=O)O)c1cc(O[C@@H]2[C@@H]3CNC[C@@H]32)nc(-n2cc(C3CC3)cn2)c1. The fourth-order valence-corrected chi connectivity index (χ4v) is 4.13. The normalized spacial score (nSPS) is 26.0. The molecule has 3 atom stereocenters. The van der Waals surface area contributed by atoms with Gasteiger partial charge in [-0.3, -0.25) is 0 Å². The number of amides is 1. The lowest BCUT2D eigenvalue weighted by Gasteiger charge is -2.26. The number of fused-ring (bicyclic) bond motifs is 1. The molecule has 1 saturated heterocycles. The predicted octanol–water partition coefficient (Wildman–Crippen LogP) is 2.24. The zero-order valence-corrected chi connectivity index (χ0v) is 16.1. The Balaban J connectivity index is 1.48. The Bertz CT molecular complexity index is 910. The summed E-state index contributed by atoms with van der Waals surface area (Å²) in [4.78, 5) is 15.9. The van der Waals surface area contributed by atoms with Crippen LogP contribution in [0.1, 0.15) is 43.7 Å². The van der Waals surface area contributed by atoms with Crippen molar-refractivity contribution in [1.29, 1.82) is 0 Å². The zero-order chi connectivity index (χ0) is 19.5. The van der Waals surface area contributed by atoms with Gasteiger partial charge in [0.25, 0.3) is 0 Å². The minimum atomic E-state index is -1.07. The first-order valence-corrected chi connectivity index (χ1v) is 9.87. The number of rotatable bonds is 6. The van der Waals surface area contributed by atoms with E-state index in [0.29, 0.717) is 29.5 Å². The molecule has 0 unspecified atom stereocenters. The molecular formula is C20H25N5O3. The van der Waals surface area contributed by atoms with E-state index in [-0.39, 0.29) is 6.10 Å². The number of ether oxygens (including phenoxy) is 1. The monoisotopic (exact) mass is 383 g/mol. The van der Waals surface area contributed by atoms with Crippen LogP contribution in [0.15, 0.2) is 24.5 Å². The number of carbonyl (C=O) groups is 1. The minimum absolute atomic E-state index is 0.187. The Hall–Kier alpha value is -2.61. The Labute approximate surface area is 163 Å². The molecule has 2 saturated carbocycles. The van der Waals surface area contributed by atoms with E-state index in [9.17, 15) is 9.90 Å². The van der Waals surface area contributed by atoms with Gasteiger partial charge < -0.3 is 20.5 Å². The van der Waals surface area contributed by atoms with E-state index in [1.807, 2.05) is 38.4 Å². The van der Waals surface area contributed by atoms with Crippen LogP contribution < -0.4 is 15.4 Å². The quantitative estimate of drug-likeness (QED) is 0.707. The minimum Gasteiger partial charge on any atom is -0.474 e. The second-order valence-electron chi connectivity index (χ2n) is 8.67. The van der Waals surface area contributed by atoms with Crippen molar-refractivity contribution in [3.8, 4) is 11.7 Å². The van der Waals surface area contributed by atoms with Crippen molar-refractivity contribution < 1.29 is 14.6 Å². The average Bonchev–Trinajstić information content (AvgIpc) is 3.45. The number of aromatic nitrogens is 3. The van der Waals surface area contributed by atoms with E-state index in [0.717, 1.165) is 18.7 Å². The highest BCUT2D eigenvalue weighted by Gasteiger charge is 2.55. The first kappa shape index (κ1) is 17.5. The van der Waals surface area contributed by atoms with E-state index in [4.69, 9.17) is 4.74 Å². The number of carboxylic acid groups (broad SMARTS) is 1. The Kier molecular flexibility index (Phi) is 3.87. The lowest BCUT2D eigenvalue weighted by molar-refractivity contribution is 0.182. The fourth-order valence-electron chi connectivity index (χ4n) is 4.13. The lowest BCUT2D eigenvalue weighted by Crippen LogP contribution is -2.40. The van der Waals surface area contributed by atoms with Crippen LogP contribution in [-0.4, -0.2) is 45.2 Å². The highest BCUT2D eigenvalue weighted by atomic mass is 16.5. The van der Waals surface area contributed by atoms with Crippen molar-refractivity contribution in [2.45, 2.75) is 44.2 Å². The summed E-state index contributed by atoms with van der Waals surface area (Å²) in [5.74, 6) is 2.87. The van der Waals surface area contributed by atoms with E-state index in [1.165, 1.54) is 18.4 Å². The highest BCUT2D eigenvalue weighted by molar-refractivity contribution is 5.66. The van der Waals surface area contributed by atoms with Gasteiger partial charge in [0.05, 0.1) is 11.7 Å². The van der Waals surface area contributed by atoms with Crippen LogP contribution in [0.4, 0.5) is 4.79 Å². The van der Waals surface area contributed by atoms with Gasteiger partial charge in [-0.1, -0.05) is 0 Å². The molecule has 0 radical (unpaired) electrons. The van der Waals surface area contributed by atoms with E-state index in [2.05, 4.69) is 20.7 Å². The third kappa shape index (κ3) is 3.22. The molecule has 0 aromatic carbocycles. The number of piperidine rings is 1. The standard InChI is InChI=1S/C20H25N5O3/c1-20(2,24-19(26)27)13-5-16(25-10-12(7-22-25)11-3-4-11)23-17(6-13)28-18-14-8-21-9-15(14)18/h5-7,10-11,14-15,18,21,24H,3-4,8-9H2,1-2H3,(H,26,27)/t14-,15+,18-. The number of hydrogen-bond donors (Lipinski definition) is 3. The molecule has 5 rings (SSSR count). The van der Waals surface area contributed by atoms with Crippen LogP contribution in [0.25, 0.3) is 5.82 Å². The molecule has 1 amide bonds. The maximum Gasteiger partial charge on any atom is 0.405 e. The van der Waals surface area contributed by atoms with Crippen molar-refractivity contribution in [2.24, 2.45) is 11.8 Å². The Morgan fingerprint density at radius 2 is 2.07 bits per heavy atom. The highest BCUT2D eigenvalue weighted by Crippen LogP contribution is 2.44. The Morgan fingerprint density at radius 3 is 2.75 bits per heavy atom. The summed E-state index contributed by atoms with van der Waals surface area (Å²) in [7, 11) is 0. The van der Waals surface area contributed by atoms with Gasteiger partial charge in [-0.05, 0) is 49.8 Å². The van der Waals surface area contributed by atoms with E-state index >= 15 is 0 Å². The summed E-state index contributed by atoms with van der Waals surface area (Å²) in [5.41, 5.74) is 1.23. The number of pyridine rings is 1. The first-order valence-electron chi connectivity index (χ1n) is 9.87. The van der Waals surface area contributed by atoms with Crippen molar-refractivity contribution in [1.82, 2.24) is 25.4 Å². The summed E-state index contributed by atoms with van der Waals surface area (Å²) in [6.45, 7) is 5.63. The molecule has 3 fully saturated rings. The van der Waals surface area contributed by atoms with Gasteiger partial charge in [0, 0.05) is 37.2 Å². The molecule has 8 nitrogen and oxygen atoms in total. The van der Waals surface area contributed by atoms with Crippen LogP contribution in [0.5, 0.6) is 5.88 Å². The van der Waals surface area contributed by atoms with Gasteiger partial charge in [0.1, 0.15) is 6.10 Å². The number of hydrogen-bond acceptors (Lipinski definition) is 5. The van der Waals surface area contributed by atoms with Crippen molar-refractivity contribution in [2.75, 3.05) is 13.1 Å². The molecule has 1 aliphatic heterocycles. The molecule has 2 aromatic heterocycles. The van der Waals surface area contributed by atoms with Crippen LogP contribution >= 0.6 is 0 Å². The van der Waals surface area contributed by atoms with Crippen LogP contribution in [0.2, 0.25) is 0 Å². The second-order valence-corrected chi connectivity index (χ2v) is 8.67. The molecular weight excluding hydrogens is 358 g/mol. The summed E-state index contributed by atoms with van der Waals surface area (Å²) >= 11 is 0. The summed E-state index contributed by atoms with van der Waals surface area (Å²) in [5, 5.41) is 19.6. The van der Waals surface area contributed by atoms with Gasteiger partial charge in [0.15, 0.2) is 5.82 Å². The number of nitrogens with one attached hydrogen (secondary N) is 2. The third-order valence-electron chi connectivity index (χ3n) is 6.09. The fraction of sp³-hybridized carbons (Fsp3) is 0.550. The zero-order valence-electron chi connectivity index (χ0n) is 16.1. The molecule has 2 aliphatic carbocycles. The van der Waals surface area contributed by atoms with Crippen molar-refractivity contribution in [3.05, 3.63) is 35.7 Å². The summed E-state index contributed by atoms with van der Waals surface area (Å²) in [6, 6.07) is 3.72. The maximum absolute atomic E-state index is 11.3. The van der Waals surface area contributed by atoms with Crippen LogP contribution in [0.3, 0.4) is 0 Å². The molecule has 3 heterocycles. The third-order valence-corrected chi connectivity index (χ3v) is 6.09. The molecule has 3 aliphatic rings. The Morgan fingerprint density at radius 1 is 1.32 bits per heavy atom. The van der Waals surface area contributed by atoms with Gasteiger partial charge in [0.2, 0.25) is 5.88 Å². The van der Waals surface area contributed by atoms with Crippen LogP contribution in [-0.2, 0) is 5.54 Å². The molecule has 28 heavy (non-hydrogen) atoms. The smallest absolute Gasteiger partial charge is 0.405 e. The molecule has 148 valence electrons. The molecule has 0 bridgehead atoms. The maximum atomic E-state index is 11.3. The van der Waals surface area contributed by atoms with E-state index < -0.39 is 11.6 Å². The topological polar surface area (TPSA) is 101 Å². The summed E-state index contributed by atoms with van der Waals surface area (Å²) < 4.78 is 7.95. The van der Waals surface area contributed by atoms with E-state index in [1.54, 1.807) is 4.68 Å². The van der Waals surface area contributed by atoms with Crippen LogP contribution in [0, 0.1) is 11.8 Å². The summed E-state index contributed by atoms with van der Waals surface area (Å²) in [6.07, 6.45) is 5.45. The lowest BCUT2D eigenvalue weighted by atomic mass is 9.95. The van der Waals surface area contributed by atoms with Crippen molar-refractivity contribution >= 4 is 6.09 Å². The molecule has 8 heteroatoms. The van der Waals surface area contributed by atoms with Gasteiger partial charge in [-0.15, -0.1) is 0 Å². The first-order chi connectivity index (χ1) is 13.4. The number of nitrogens with zero attached hydrogens (tertiary/aromatic N) is 3. The molecule has 3 N–H and O–H groups in total. The van der Waals surface area contributed by atoms with Gasteiger partial charge >= 0.3 is 6.09 Å². The molecule has 0 spiro atoms. The largest absolute Gasteiger partial charge is 0.474 e. The van der Waals surface area contributed by atoms with Crippen molar-refractivity contribution in [3.63, 3.8) is 0 Å². The second kappa shape index (κ2) is 6.20. The van der Waals surface area contributed by atoms with Gasteiger partial charge in [-0.2, -0.15) is 10.1 Å². The predicted molar refractivity (Wildman–Crippen MR) is 102 cm³/mol. The van der Waals surface area contributed by atoms with Gasteiger partial charge in [-0.25, -0.2) is 9.48 Å². The molecule has 2 aromatic rings. The average molecular weight is 383 g/mol.